The average molecular weight is 354 g/mol. The second kappa shape index (κ2) is 6.98. The van der Waals surface area contributed by atoms with Crippen LogP contribution in [0.1, 0.15) is 34.2 Å². The fourth-order valence-corrected chi connectivity index (χ4v) is 4.62. The van der Waals surface area contributed by atoms with E-state index in [9.17, 15) is 4.79 Å². The van der Waals surface area contributed by atoms with Gasteiger partial charge in [-0.1, -0.05) is 18.2 Å². The summed E-state index contributed by atoms with van der Waals surface area (Å²) in [6.45, 7) is 3.08. The number of aromatic nitrogens is 2. The topological polar surface area (TPSA) is 50.2 Å². The molecular weight excluding hydrogens is 332 g/mol. The number of nitrogens with zero attached hydrogens (tertiary/aromatic N) is 3. The van der Waals surface area contributed by atoms with Gasteiger partial charge in [-0.2, -0.15) is 5.10 Å². The lowest BCUT2D eigenvalue weighted by atomic mass is 10.1. The molecule has 3 heterocycles. The second-order valence-electron chi connectivity index (χ2n) is 6.54. The predicted octanol–water partition coefficient (Wildman–Crippen LogP) is 3.29. The Hall–Kier alpha value is -2.18. The first-order chi connectivity index (χ1) is 12.2. The molecule has 6 heteroatoms. The predicted molar refractivity (Wildman–Crippen MR) is 101 cm³/mol. The van der Waals surface area contributed by atoms with Crippen LogP contribution in [0.25, 0.3) is 10.1 Å². The third kappa shape index (κ3) is 3.45. The van der Waals surface area contributed by atoms with Gasteiger partial charge in [0.2, 0.25) is 0 Å². The number of likely N-dealkylation sites (tertiary alicyclic amines) is 1. The molecule has 1 atom stereocenters. The Morgan fingerprint density at radius 3 is 3.08 bits per heavy atom. The number of carbonyl (C=O) groups is 1. The smallest absolute Gasteiger partial charge is 0.271 e. The van der Waals surface area contributed by atoms with Gasteiger partial charge in [0.25, 0.3) is 5.91 Å². The van der Waals surface area contributed by atoms with Crippen molar-refractivity contribution in [2.75, 3.05) is 20.1 Å². The van der Waals surface area contributed by atoms with Gasteiger partial charge in [0.1, 0.15) is 5.69 Å². The first-order valence-corrected chi connectivity index (χ1v) is 9.51. The van der Waals surface area contributed by atoms with E-state index < -0.39 is 0 Å². The molecule has 4 rings (SSSR count). The largest absolute Gasteiger partial charge is 0.354 e. The standard InChI is InChI=1S/C19H22N4OS/c1-20-19(24)17-8-10-23(21-17)15-6-4-9-22(12-15)13-16-11-14-5-2-3-7-18(14)25-16/h2-3,5,7-8,10-11,15H,4,6,9,12-13H2,1H3,(H,20,24). The molecule has 1 fully saturated rings. The number of nitrogens with one attached hydrogen (secondary N) is 1. The highest BCUT2D eigenvalue weighted by Gasteiger charge is 2.23. The first-order valence-electron chi connectivity index (χ1n) is 8.70. The molecule has 0 aliphatic carbocycles. The summed E-state index contributed by atoms with van der Waals surface area (Å²) in [4.78, 5) is 15.6. The zero-order chi connectivity index (χ0) is 17.2. The molecular formula is C19H22N4OS. The van der Waals surface area contributed by atoms with E-state index >= 15 is 0 Å². The van der Waals surface area contributed by atoms with Crippen LogP contribution < -0.4 is 5.32 Å². The lowest BCUT2D eigenvalue weighted by Gasteiger charge is -2.32. The van der Waals surface area contributed by atoms with Gasteiger partial charge in [-0.3, -0.25) is 14.4 Å². The van der Waals surface area contributed by atoms with Gasteiger partial charge >= 0.3 is 0 Å². The van der Waals surface area contributed by atoms with Crippen LogP contribution >= 0.6 is 11.3 Å². The van der Waals surface area contributed by atoms with Crippen LogP contribution in [0, 0.1) is 0 Å². The Kier molecular flexibility index (Phi) is 4.55. The third-order valence-electron chi connectivity index (χ3n) is 4.78. The molecule has 1 aromatic carbocycles. The molecule has 1 N–H and O–H groups in total. The number of benzene rings is 1. The van der Waals surface area contributed by atoms with Gasteiger partial charge in [0, 0.05) is 35.9 Å². The summed E-state index contributed by atoms with van der Waals surface area (Å²) in [5, 5.41) is 8.42. The first kappa shape index (κ1) is 16.3. The van der Waals surface area contributed by atoms with E-state index in [1.165, 1.54) is 15.0 Å². The average Bonchev–Trinajstić information content (AvgIpc) is 3.28. The van der Waals surface area contributed by atoms with E-state index in [4.69, 9.17) is 0 Å². The summed E-state index contributed by atoms with van der Waals surface area (Å²) < 4.78 is 3.31. The number of rotatable bonds is 4. The van der Waals surface area contributed by atoms with Gasteiger partial charge < -0.3 is 5.32 Å². The minimum Gasteiger partial charge on any atom is -0.354 e. The molecule has 5 nitrogen and oxygen atoms in total. The third-order valence-corrected chi connectivity index (χ3v) is 5.88. The van der Waals surface area contributed by atoms with E-state index in [2.05, 4.69) is 45.6 Å². The van der Waals surface area contributed by atoms with Crippen LogP contribution in [0.4, 0.5) is 0 Å². The molecule has 0 saturated carbocycles. The Morgan fingerprint density at radius 1 is 1.36 bits per heavy atom. The van der Waals surface area contributed by atoms with Gasteiger partial charge in [-0.25, -0.2) is 0 Å². The van der Waals surface area contributed by atoms with Crippen molar-refractivity contribution < 1.29 is 4.79 Å². The lowest BCUT2D eigenvalue weighted by Crippen LogP contribution is -2.36. The summed E-state index contributed by atoms with van der Waals surface area (Å²) >= 11 is 1.88. The van der Waals surface area contributed by atoms with E-state index in [1.807, 2.05) is 22.2 Å². The van der Waals surface area contributed by atoms with Gasteiger partial charge in [0.15, 0.2) is 0 Å². The number of fused-ring (bicyclic) bond motifs is 1. The fourth-order valence-electron chi connectivity index (χ4n) is 3.52. The van der Waals surface area contributed by atoms with Crippen molar-refractivity contribution in [3.63, 3.8) is 0 Å². The van der Waals surface area contributed by atoms with Crippen LogP contribution in [0.5, 0.6) is 0 Å². The minimum atomic E-state index is -0.128. The fraction of sp³-hybridized carbons (Fsp3) is 0.368. The Bertz CT molecular complexity index is 851. The quantitative estimate of drug-likeness (QED) is 0.782. The number of piperidine rings is 1. The summed E-state index contributed by atoms with van der Waals surface area (Å²) in [5.74, 6) is -0.128. The minimum absolute atomic E-state index is 0.128. The molecule has 1 saturated heterocycles. The molecule has 25 heavy (non-hydrogen) atoms. The van der Waals surface area contributed by atoms with Crippen molar-refractivity contribution in [1.82, 2.24) is 20.0 Å². The van der Waals surface area contributed by atoms with Crippen molar-refractivity contribution in [3.05, 3.63) is 53.2 Å². The summed E-state index contributed by atoms with van der Waals surface area (Å²) in [5.41, 5.74) is 0.490. The Morgan fingerprint density at radius 2 is 2.24 bits per heavy atom. The SMILES string of the molecule is CNC(=O)c1ccn(C2CCCN(Cc3cc4ccccc4s3)C2)n1. The van der Waals surface area contributed by atoms with Crippen LogP contribution in [-0.4, -0.2) is 40.7 Å². The van der Waals surface area contributed by atoms with Crippen molar-refractivity contribution in [2.24, 2.45) is 0 Å². The van der Waals surface area contributed by atoms with E-state index in [1.54, 1.807) is 13.1 Å². The molecule has 0 bridgehead atoms. The van der Waals surface area contributed by atoms with Crippen molar-refractivity contribution in [1.29, 1.82) is 0 Å². The number of carbonyl (C=O) groups excluding carboxylic acids is 1. The van der Waals surface area contributed by atoms with Gasteiger partial charge in [0.05, 0.1) is 6.04 Å². The maximum atomic E-state index is 11.7. The summed E-state index contributed by atoms with van der Waals surface area (Å²) in [6.07, 6.45) is 4.20. The molecule has 130 valence electrons. The molecule has 2 aromatic heterocycles. The lowest BCUT2D eigenvalue weighted by molar-refractivity contribution is 0.0955. The molecule has 1 unspecified atom stereocenters. The van der Waals surface area contributed by atoms with Crippen LogP contribution in [-0.2, 0) is 6.54 Å². The van der Waals surface area contributed by atoms with Crippen LogP contribution in [0.2, 0.25) is 0 Å². The van der Waals surface area contributed by atoms with Crippen LogP contribution in [0.15, 0.2) is 42.6 Å². The van der Waals surface area contributed by atoms with E-state index in [-0.39, 0.29) is 5.91 Å². The van der Waals surface area contributed by atoms with Crippen molar-refractivity contribution >= 4 is 27.3 Å². The number of hydrogen-bond donors (Lipinski definition) is 1. The number of amides is 1. The Balaban J connectivity index is 1.45. The van der Waals surface area contributed by atoms with Crippen LogP contribution in [0.3, 0.4) is 0 Å². The maximum Gasteiger partial charge on any atom is 0.271 e. The van der Waals surface area contributed by atoms with Crippen molar-refractivity contribution in [2.45, 2.75) is 25.4 Å². The molecule has 0 radical (unpaired) electrons. The van der Waals surface area contributed by atoms with Gasteiger partial charge in [-0.05, 0) is 43.0 Å². The van der Waals surface area contributed by atoms with E-state index in [0.29, 0.717) is 11.7 Å². The zero-order valence-corrected chi connectivity index (χ0v) is 15.1. The highest BCUT2D eigenvalue weighted by molar-refractivity contribution is 7.19. The number of thiophene rings is 1. The highest BCUT2D eigenvalue weighted by Crippen LogP contribution is 2.28. The summed E-state index contributed by atoms with van der Waals surface area (Å²) in [7, 11) is 1.63. The molecule has 3 aromatic rings. The summed E-state index contributed by atoms with van der Waals surface area (Å²) in [6, 6.07) is 13.0. The van der Waals surface area contributed by atoms with E-state index in [0.717, 1.165) is 32.5 Å². The van der Waals surface area contributed by atoms with Gasteiger partial charge in [-0.15, -0.1) is 11.3 Å². The number of hydrogen-bond acceptors (Lipinski definition) is 4. The second-order valence-corrected chi connectivity index (χ2v) is 7.71. The Labute approximate surface area is 151 Å². The highest BCUT2D eigenvalue weighted by atomic mass is 32.1. The monoisotopic (exact) mass is 354 g/mol. The maximum absolute atomic E-state index is 11.7. The molecule has 1 amide bonds. The molecule has 0 spiro atoms. The molecule has 1 aliphatic rings. The van der Waals surface area contributed by atoms with Crippen molar-refractivity contribution in [3.8, 4) is 0 Å². The normalized spacial score (nSPS) is 18.5. The zero-order valence-electron chi connectivity index (χ0n) is 14.3. The molecule has 1 aliphatic heterocycles.